The third-order valence-electron chi connectivity index (χ3n) is 4.82. The van der Waals surface area contributed by atoms with E-state index >= 15 is 0 Å². The van der Waals surface area contributed by atoms with Crippen LogP contribution < -0.4 is 5.32 Å². The van der Waals surface area contributed by atoms with Crippen molar-refractivity contribution < 1.29 is 4.79 Å². The Bertz CT molecular complexity index is 956. The summed E-state index contributed by atoms with van der Waals surface area (Å²) in [7, 11) is 0. The van der Waals surface area contributed by atoms with Crippen LogP contribution in [0, 0.1) is 0 Å². The number of rotatable bonds is 6. The molecule has 8 heteroatoms. The van der Waals surface area contributed by atoms with Gasteiger partial charge in [0.25, 0.3) is 0 Å². The zero-order chi connectivity index (χ0) is 20.1. The van der Waals surface area contributed by atoms with Crippen molar-refractivity contribution in [3.63, 3.8) is 0 Å². The molecule has 0 atom stereocenters. The number of nitrogens with zero attached hydrogens (tertiary/aromatic N) is 4. The Morgan fingerprint density at radius 2 is 1.83 bits per heavy atom. The molecule has 29 heavy (non-hydrogen) atoms. The summed E-state index contributed by atoms with van der Waals surface area (Å²) in [6.45, 7) is 4.73. The Hall–Kier alpha value is -2.32. The monoisotopic (exact) mass is 427 g/mol. The number of amides is 1. The van der Waals surface area contributed by atoms with Crippen LogP contribution in [-0.4, -0.2) is 58.4 Å². The van der Waals surface area contributed by atoms with Crippen LogP contribution in [0.2, 0.25) is 5.15 Å². The van der Waals surface area contributed by atoms with E-state index in [2.05, 4.69) is 37.6 Å². The Morgan fingerprint density at radius 1 is 1.07 bits per heavy atom. The molecular weight excluding hydrogens is 406 g/mol. The van der Waals surface area contributed by atoms with Gasteiger partial charge in [0, 0.05) is 49.9 Å². The fourth-order valence-corrected chi connectivity index (χ4v) is 4.28. The van der Waals surface area contributed by atoms with E-state index in [9.17, 15) is 4.79 Å². The van der Waals surface area contributed by atoms with E-state index in [0.29, 0.717) is 17.4 Å². The van der Waals surface area contributed by atoms with Crippen molar-refractivity contribution in [3.05, 3.63) is 64.9 Å². The average molecular weight is 428 g/mol. The molecule has 6 nitrogen and oxygen atoms in total. The summed E-state index contributed by atoms with van der Waals surface area (Å²) < 4.78 is 0. The number of halogens is 1. The third-order valence-corrected chi connectivity index (χ3v) is 6.06. The van der Waals surface area contributed by atoms with E-state index in [1.54, 1.807) is 29.7 Å². The maximum absolute atomic E-state index is 12.3. The first-order valence-corrected chi connectivity index (χ1v) is 10.8. The molecule has 1 aliphatic heterocycles. The Kier molecular flexibility index (Phi) is 6.51. The largest absolute Gasteiger partial charge is 0.322 e. The van der Waals surface area contributed by atoms with Gasteiger partial charge in [0.05, 0.1) is 17.9 Å². The molecule has 1 N–H and O–H groups in total. The molecule has 1 aliphatic rings. The number of pyridine rings is 1. The number of hydrogen-bond donors (Lipinski definition) is 1. The normalized spacial score (nSPS) is 15.3. The molecule has 0 aliphatic carbocycles. The molecule has 2 aromatic heterocycles. The summed E-state index contributed by atoms with van der Waals surface area (Å²) in [6.07, 6.45) is 1.60. The highest BCUT2D eigenvalue weighted by Gasteiger charge is 2.20. The molecule has 1 amide bonds. The van der Waals surface area contributed by atoms with Crippen molar-refractivity contribution in [2.45, 2.75) is 6.54 Å². The molecule has 0 unspecified atom stereocenters. The molecule has 0 spiro atoms. The number of nitrogens with one attached hydrogen (secondary N) is 1. The number of thiazole rings is 1. The maximum Gasteiger partial charge on any atom is 0.238 e. The first-order chi connectivity index (χ1) is 14.2. The van der Waals surface area contributed by atoms with Crippen LogP contribution in [-0.2, 0) is 11.3 Å². The maximum atomic E-state index is 12.3. The number of hydrogen-bond acceptors (Lipinski definition) is 6. The van der Waals surface area contributed by atoms with Crippen molar-refractivity contribution in [3.8, 4) is 10.6 Å². The second-order valence-electron chi connectivity index (χ2n) is 6.95. The van der Waals surface area contributed by atoms with Gasteiger partial charge in [-0.2, -0.15) is 0 Å². The van der Waals surface area contributed by atoms with Gasteiger partial charge in [-0.1, -0.05) is 41.9 Å². The third kappa shape index (κ3) is 5.39. The van der Waals surface area contributed by atoms with Gasteiger partial charge in [0.1, 0.15) is 5.01 Å². The van der Waals surface area contributed by atoms with Crippen molar-refractivity contribution in [2.75, 3.05) is 38.0 Å². The Balaban J connectivity index is 1.24. The molecule has 4 rings (SSSR count). The van der Waals surface area contributed by atoms with Gasteiger partial charge >= 0.3 is 0 Å². The predicted octanol–water partition coefficient (Wildman–Crippen LogP) is 3.61. The summed E-state index contributed by atoms with van der Waals surface area (Å²) in [5, 5.41) is 6.34. The van der Waals surface area contributed by atoms with Crippen LogP contribution in [0.3, 0.4) is 0 Å². The molecule has 1 aromatic carbocycles. The van der Waals surface area contributed by atoms with E-state index < -0.39 is 0 Å². The second kappa shape index (κ2) is 9.45. The Morgan fingerprint density at radius 3 is 2.59 bits per heavy atom. The van der Waals surface area contributed by atoms with Gasteiger partial charge in [0.2, 0.25) is 5.91 Å². The zero-order valence-electron chi connectivity index (χ0n) is 15.9. The smallest absolute Gasteiger partial charge is 0.238 e. The zero-order valence-corrected chi connectivity index (χ0v) is 17.5. The lowest BCUT2D eigenvalue weighted by Crippen LogP contribution is -2.48. The molecule has 0 bridgehead atoms. The van der Waals surface area contributed by atoms with Gasteiger partial charge < -0.3 is 5.32 Å². The molecule has 0 saturated carbocycles. The second-order valence-corrected chi connectivity index (χ2v) is 8.17. The molecular formula is C21H22ClN5OS. The fourth-order valence-electron chi connectivity index (χ4n) is 3.30. The topological polar surface area (TPSA) is 61.4 Å². The van der Waals surface area contributed by atoms with Crippen LogP contribution in [0.4, 0.5) is 5.69 Å². The molecule has 1 saturated heterocycles. The molecule has 150 valence electrons. The number of benzene rings is 1. The number of piperazine rings is 1. The summed E-state index contributed by atoms with van der Waals surface area (Å²) in [6, 6.07) is 13.8. The summed E-state index contributed by atoms with van der Waals surface area (Å²) in [5.74, 6) is -0.0691. The lowest BCUT2D eigenvalue weighted by molar-refractivity contribution is -0.117. The van der Waals surface area contributed by atoms with Crippen molar-refractivity contribution in [1.29, 1.82) is 0 Å². The van der Waals surface area contributed by atoms with E-state index in [0.717, 1.165) is 49.0 Å². The first kappa shape index (κ1) is 20.0. The minimum absolute atomic E-state index is 0.0691. The standard InChI is InChI=1S/C21H22ClN5OS/c22-20-18(7-4-8-23-20)25-19(28)14-27-11-9-26(10-12-27)13-17-15-29-21(24-17)16-5-2-1-3-6-16/h1-8,15H,9-14H2,(H,25,28). The molecule has 1 fully saturated rings. The van der Waals surface area contributed by atoms with Gasteiger partial charge in [-0.3, -0.25) is 14.6 Å². The van der Waals surface area contributed by atoms with Gasteiger partial charge in [0.15, 0.2) is 5.15 Å². The van der Waals surface area contributed by atoms with E-state index in [4.69, 9.17) is 16.6 Å². The highest BCUT2D eigenvalue weighted by Crippen LogP contribution is 2.24. The van der Waals surface area contributed by atoms with Crippen LogP contribution in [0.1, 0.15) is 5.69 Å². The molecule has 3 heterocycles. The number of anilines is 1. The van der Waals surface area contributed by atoms with Crippen molar-refractivity contribution in [1.82, 2.24) is 19.8 Å². The van der Waals surface area contributed by atoms with Crippen LogP contribution in [0.25, 0.3) is 10.6 Å². The predicted molar refractivity (Wildman–Crippen MR) is 117 cm³/mol. The average Bonchev–Trinajstić information content (AvgIpc) is 3.20. The van der Waals surface area contributed by atoms with Gasteiger partial charge in [-0.25, -0.2) is 9.97 Å². The quantitative estimate of drug-likeness (QED) is 0.609. The van der Waals surface area contributed by atoms with Gasteiger partial charge in [-0.05, 0) is 12.1 Å². The van der Waals surface area contributed by atoms with Gasteiger partial charge in [-0.15, -0.1) is 11.3 Å². The fraction of sp³-hybridized carbons (Fsp3) is 0.286. The Labute approximate surface area is 179 Å². The lowest BCUT2D eigenvalue weighted by Gasteiger charge is -2.33. The number of carbonyl (C=O) groups excluding carboxylic acids is 1. The lowest BCUT2D eigenvalue weighted by atomic mass is 10.2. The summed E-state index contributed by atoms with van der Waals surface area (Å²) >= 11 is 7.68. The summed E-state index contributed by atoms with van der Waals surface area (Å²) in [4.78, 5) is 25.6. The minimum atomic E-state index is -0.0691. The first-order valence-electron chi connectivity index (χ1n) is 9.52. The highest BCUT2D eigenvalue weighted by molar-refractivity contribution is 7.13. The van der Waals surface area contributed by atoms with E-state index in [1.807, 2.05) is 18.2 Å². The van der Waals surface area contributed by atoms with Crippen molar-refractivity contribution >= 4 is 34.5 Å². The van der Waals surface area contributed by atoms with Crippen LogP contribution in [0.5, 0.6) is 0 Å². The van der Waals surface area contributed by atoms with E-state index in [1.165, 1.54) is 0 Å². The summed E-state index contributed by atoms with van der Waals surface area (Å²) in [5.41, 5.74) is 2.81. The number of carbonyl (C=O) groups is 1. The van der Waals surface area contributed by atoms with Crippen LogP contribution in [0.15, 0.2) is 54.0 Å². The molecule has 0 radical (unpaired) electrons. The molecule has 3 aromatic rings. The minimum Gasteiger partial charge on any atom is -0.322 e. The SMILES string of the molecule is O=C(CN1CCN(Cc2csc(-c3ccccc3)n2)CC1)Nc1cccnc1Cl. The highest BCUT2D eigenvalue weighted by atomic mass is 35.5. The van der Waals surface area contributed by atoms with E-state index in [-0.39, 0.29) is 5.91 Å². The number of aromatic nitrogens is 2. The van der Waals surface area contributed by atoms with Crippen LogP contribution >= 0.6 is 22.9 Å². The van der Waals surface area contributed by atoms with Crippen molar-refractivity contribution in [2.24, 2.45) is 0 Å².